The maximum atomic E-state index is 12.7. The van der Waals surface area contributed by atoms with E-state index in [-0.39, 0.29) is 17.7 Å². The molecule has 1 aliphatic carbocycles. The topological polar surface area (TPSA) is 58.2 Å². The molecule has 27 heavy (non-hydrogen) atoms. The van der Waals surface area contributed by atoms with E-state index in [4.69, 9.17) is 0 Å². The molecule has 144 valence electrons. The number of rotatable bonds is 6. The van der Waals surface area contributed by atoms with Crippen LogP contribution in [0.2, 0.25) is 0 Å². The molecule has 1 saturated carbocycles. The van der Waals surface area contributed by atoms with Crippen LogP contribution in [0.15, 0.2) is 42.5 Å². The highest BCUT2D eigenvalue weighted by Crippen LogP contribution is 2.28. The lowest BCUT2D eigenvalue weighted by Crippen LogP contribution is -2.50. The summed E-state index contributed by atoms with van der Waals surface area (Å²) >= 11 is 0. The standard InChI is InChI=1S/C23H30N2O2/c1-3-24-23(27)21(25-22(26)19-11-8-16(2)9-12-19)15-17-10-13-18-6-4-5-7-20(18)14-17/h4-7,10,13-14,16,19,21H,3,8-9,11-12,15H2,1-2H3,(H,24,27)(H,25,26). The third-order valence-corrected chi connectivity index (χ3v) is 5.62. The van der Waals surface area contributed by atoms with E-state index in [9.17, 15) is 9.59 Å². The van der Waals surface area contributed by atoms with E-state index >= 15 is 0 Å². The van der Waals surface area contributed by atoms with E-state index in [1.165, 1.54) is 5.39 Å². The Labute approximate surface area is 161 Å². The van der Waals surface area contributed by atoms with E-state index in [1.807, 2.05) is 25.1 Å². The van der Waals surface area contributed by atoms with Crippen LogP contribution in [0.3, 0.4) is 0 Å². The molecule has 4 nitrogen and oxygen atoms in total. The summed E-state index contributed by atoms with van der Waals surface area (Å²) in [5.74, 6) is 0.655. The Balaban J connectivity index is 1.72. The number of benzene rings is 2. The largest absolute Gasteiger partial charge is 0.355 e. The quantitative estimate of drug-likeness (QED) is 0.816. The molecule has 2 aromatic carbocycles. The van der Waals surface area contributed by atoms with Crippen molar-refractivity contribution < 1.29 is 9.59 Å². The molecule has 1 atom stereocenters. The van der Waals surface area contributed by atoms with Crippen molar-refractivity contribution in [2.45, 2.75) is 52.0 Å². The first-order valence-electron chi connectivity index (χ1n) is 10.1. The van der Waals surface area contributed by atoms with Gasteiger partial charge in [0.05, 0.1) is 0 Å². The fourth-order valence-electron chi connectivity index (χ4n) is 3.92. The molecule has 4 heteroatoms. The van der Waals surface area contributed by atoms with Crippen molar-refractivity contribution in [1.29, 1.82) is 0 Å². The highest BCUT2D eigenvalue weighted by molar-refractivity contribution is 5.89. The Kier molecular flexibility index (Phi) is 6.49. The predicted molar refractivity (Wildman–Crippen MR) is 109 cm³/mol. The average molecular weight is 367 g/mol. The number of amides is 2. The molecule has 3 rings (SSSR count). The predicted octanol–water partition coefficient (Wildman–Crippen LogP) is 3.83. The zero-order valence-corrected chi connectivity index (χ0v) is 16.3. The van der Waals surface area contributed by atoms with Crippen LogP contribution in [0.5, 0.6) is 0 Å². The van der Waals surface area contributed by atoms with E-state index in [0.29, 0.717) is 18.9 Å². The van der Waals surface area contributed by atoms with Crippen LogP contribution in [0, 0.1) is 11.8 Å². The highest BCUT2D eigenvalue weighted by Gasteiger charge is 2.28. The molecule has 2 N–H and O–H groups in total. The van der Waals surface area contributed by atoms with Crippen molar-refractivity contribution in [1.82, 2.24) is 10.6 Å². The molecule has 0 aromatic heterocycles. The first-order chi connectivity index (χ1) is 13.1. The van der Waals surface area contributed by atoms with Gasteiger partial charge < -0.3 is 10.6 Å². The van der Waals surface area contributed by atoms with Gasteiger partial charge in [0.1, 0.15) is 6.04 Å². The summed E-state index contributed by atoms with van der Waals surface area (Å²) < 4.78 is 0. The molecule has 2 amide bonds. The van der Waals surface area contributed by atoms with Crippen LogP contribution >= 0.6 is 0 Å². The van der Waals surface area contributed by atoms with E-state index in [1.54, 1.807) is 0 Å². The molecule has 0 saturated heterocycles. The second-order valence-electron chi connectivity index (χ2n) is 7.80. The molecule has 0 aliphatic heterocycles. The maximum absolute atomic E-state index is 12.7. The lowest BCUT2D eigenvalue weighted by atomic mass is 9.82. The van der Waals surface area contributed by atoms with Gasteiger partial charge in [-0.25, -0.2) is 0 Å². The number of fused-ring (bicyclic) bond motifs is 1. The molecular formula is C23H30N2O2. The molecule has 1 aliphatic rings. The number of hydrogen-bond donors (Lipinski definition) is 2. The smallest absolute Gasteiger partial charge is 0.242 e. The molecule has 1 unspecified atom stereocenters. The lowest BCUT2D eigenvalue weighted by molar-refractivity contribution is -0.131. The normalized spacial score (nSPS) is 20.8. The Hall–Kier alpha value is -2.36. The lowest BCUT2D eigenvalue weighted by Gasteiger charge is -2.27. The first kappa shape index (κ1) is 19.4. The molecule has 0 radical (unpaired) electrons. The zero-order valence-electron chi connectivity index (χ0n) is 16.3. The van der Waals surface area contributed by atoms with Crippen molar-refractivity contribution in [3.05, 3.63) is 48.0 Å². The summed E-state index contributed by atoms with van der Waals surface area (Å²) in [6.07, 6.45) is 4.53. The van der Waals surface area contributed by atoms with Crippen molar-refractivity contribution in [2.75, 3.05) is 6.54 Å². The van der Waals surface area contributed by atoms with Crippen molar-refractivity contribution >= 4 is 22.6 Å². The summed E-state index contributed by atoms with van der Waals surface area (Å²) in [7, 11) is 0. The Morgan fingerprint density at radius 2 is 1.74 bits per heavy atom. The van der Waals surface area contributed by atoms with Gasteiger partial charge in [-0.15, -0.1) is 0 Å². The van der Waals surface area contributed by atoms with Crippen LogP contribution in [0.25, 0.3) is 10.8 Å². The summed E-state index contributed by atoms with van der Waals surface area (Å²) in [5.41, 5.74) is 1.06. The van der Waals surface area contributed by atoms with Crippen LogP contribution in [0.4, 0.5) is 0 Å². The van der Waals surface area contributed by atoms with Crippen LogP contribution in [-0.2, 0) is 16.0 Å². The summed E-state index contributed by atoms with van der Waals surface area (Å²) in [4.78, 5) is 25.3. The van der Waals surface area contributed by atoms with E-state index in [0.717, 1.165) is 36.6 Å². The molecule has 1 fully saturated rings. The Morgan fingerprint density at radius 3 is 2.44 bits per heavy atom. The van der Waals surface area contributed by atoms with Gasteiger partial charge in [-0.3, -0.25) is 9.59 Å². The second-order valence-corrected chi connectivity index (χ2v) is 7.80. The van der Waals surface area contributed by atoms with Gasteiger partial charge in [0, 0.05) is 18.9 Å². The number of carbonyl (C=O) groups excluding carboxylic acids is 2. The van der Waals surface area contributed by atoms with Gasteiger partial charge in [-0.2, -0.15) is 0 Å². The van der Waals surface area contributed by atoms with Crippen LogP contribution in [-0.4, -0.2) is 24.4 Å². The third-order valence-electron chi connectivity index (χ3n) is 5.62. The molecule has 0 bridgehead atoms. The first-order valence-corrected chi connectivity index (χ1v) is 10.1. The molecule has 2 aromatic rings. The van der Waals surface area contributed by atoms with Gasteiger partial charge >= 0.3 is 0 Å². The van der Waals surface area contributed by atoms with Gasteiger partial charge in [-0.05, 0) is 54.9 Å². The minimum Gasteiger partial charge on any atom is -0.355 e. The van der Waals surface area contributed by atoms with E-state index < -0.39 is 6.04 Å². The van der Waals surface area contributed by atoms with Gasteiger partial charge in [0.2, 0.25) is 11.8 Å². The second kappa shape index (κ2) is 9.03. The van der Waals surface area contributed by atoms with Crippen molar-refractivity contribution in [2.24, 2.45) is 11.8 Å². The van der Waals surface area contributed by atoms with Gasteiger partial charge in [0.25, 0.3) is 0 Å². The molecule has 0 spiro atoms. The maximum Gasteiger partial charge on any atom is 0.242 e. The minimum absolute atomic E-state index is 0.0268. The summed E-state index contributed by atoms with van der Waals surface area (Å²) in [6.45, 7) is 4.70. The fraction of sp³-hybridized carbons (Fsp3) is 0.478. The Morgan fingerprint density at radius 1 is 1.04 bits per heavy atom. The highest BCUT2D eigenvalue weighted by atomic mass is 16.2. The SMILES string of the molecule is CCNC(=O)C(Cc1ccc2ccccc2c1)NC(=O)C1CCC(C)CC1. The number of nitrogens with one attached hydrogen (secondary N) is 2. The number of hydrogen-bond acceptors (Lipinski definition) is 2. The fourth-order valence-corrected chi connectivity index (χ4v) is 3.92. The van der Waals surface area contributed by atoms with Crippen molar-refractivity contribution in [3.8, 4) is 0 Å². The summed E-state index contributed by atoms with van der Waals surface area (Å²) in [5, 5.41) is 8.22. The summed E-state index contributed by atoms with van der Waals surface area (Å²) in [6, 6.07) is 13.9. The molecular weight excluding hydrogens is 336 g/mol. The number of likely N-dealkylation sites (N-methyl/N-ethyl adjacent to an activating group) is 1. The van der Waals surface area contributed by atoms with Gasteiger partial charge in [0.15, 0.2) is 0 Å². The monoisotopic (exact) mass is 366 g/mol. The number of carbonyl (C=O) groups is 2. The third kappa shape index (κ3) is 5.09. The zero-order chi connectivity index (χ0) is 19.2. The van der Waals surface area contributed by atoms with E-state index in [2.05, 4.69) is 41.8 Å². The minimum atomic E-state index is -0.530. The molecule has 0 heterocycles. The van der Waals surface area contributed by atoms with Crippen LogP contribution in [0.1, 0.15) is 45.1 Å². The van der Waals surface area contributed by atoms with Crippen LogP contribution < -0.4 is 10.6 Å². The van der Waals surface area contributed by atoms with Gasteiger partial charge in [-0.1, -0.05) is 49.4 Å². The average Bonchev–Trinajstić information content (AvgIpc) is 2.68. The van der Waals surface area contributed by atoms with Crippen molar-refractivity contribution in [3.63, 3.8) is 0 Å². The Bertz CT molecular complexity index is 794.